The number of amides is 1. The van der Waals surface area contributed by atoms with Crippen molar-refractivity contribution < 1.29 is 9.44 Å². The number of carbonyl (C=O) groups excluding carboxylic acids is 1. The van der Waals surface area contributed by atoms with Gasteiger partial charge in [0.05, 0.1) is 26.2 Å². The van der Waals surface area contributed by atoms with Crippen LogP contribution in [0.2, 0.25) is 0 Å². The Morgan fingerprint density at radius 2 is 2.17 bits per heavy atom. The lowest BCUT2D eigenvalue weighted by Gasteiger charge is -2.33. The van der Waals surface area contributed by atoms with Crippen molar-refractivity contribution >= 4 is 5.91 Å². The lowest BCUT2D eigenvalue weighted by molar-refractivity contribution is -0.849. The molecule has 1 saturated heterocycles. The van der Waals surface area contributed by atoms with E-state index in [4.69, 9.17) is 0 Å². The van der Waals surface area contributed by atoms with Crippen LogP contribution in [0.5, 0.6) is 0 Å². The van der Waals surface area contributed by atoms with Crippen molar-refractivity contribution in [1.82, 2.24) is 5.32 Å². The first-order valence-electron chi connectivity index (χ1n) is 4.23. The summed E-state index contributed by atoms with van der Waals surface area (Å²) in [6, 6.07) is 0.0602. The topological polar surface area (TPSA) is 52.2 Å². The van der Waals surface area contributed by atoms with Gasteiger partial charge in [0.15, 0.2) is 0 Å². The molecule has 0 saturated carbocycles. The Kier molecular flexibility index (Phi) is 2.39. The predicted molar refractivity (Wildman–Crippen MR) is 46.1 cm³/mol. The number of quaternary nitrogens is 1. The van der Waals surface area contributed by atoms with E-state index in [0.717, 1.165) is 0 Å². The lowest BCUT2D eigenvalue weighted by atomic mass is 10.1. The lowest BCUT2D eigenvalue weighted by Crippen LogP contribution is -2.41. The molecule has 0 bridgehead atoms. The third-order valence-electron chi connectivity index (χ3n) is 2.33. The standard InChI is InChI=1S/C8H16N2O2/c1-6-4-10(3,12)5-8(6)9-7(2)11/h6,8H,4-5H2,1-3H3,(H,9,11). The second kappa shape index (κ2) is 3.03. The number of rotatable bonds is 1. The van der Waals surface area contributed by atoms with Crippen LogP contribution in [-0.2, 0) is 4.79 Å². The van der Waals surface area contributed by atoms with Gasteiger partial charge in [-0.25, -0.2) is 0 Å². The minimum absolute atomic E-state index is 0.0475. The summed E-state index contributed by atoms with van der Waals surface area (Å²) in [6.07, 6.45) is 0. The fourth-order valence-electron chi connectivity index (χ4n) is 1.86. The quantitative estimate of drug-likeness (QED) is 0.450. The Balaban J connectivity index is 2.52. The molecule has 3 atom stereocenters. The van der Waals surface area contributed by atoms with Gasteiger partial charge in [0.2, 0.25) is 5.91 Å². The molecular formula is C8H16N2O2. The van der Waals surface area contributed by atoms with Gasteiger partial charge in [0.1, 0.15) is 0 Å². The Morgan fingerprint density at radius 1 is 1.58 bits per heavy atom. The summed E-state index contributed by atoms with van der Waals surface area (Å²) >= 11 is 0. The molecule has 0 radical (unpaired) electrons. The molecule has 4 nitrogen and oxygen atoms in total. The minimum atomic E-state index is -0.230. The van der Waals surface area contributed by atoms with Crippen molar-refractivity contribution in [1.29, 1.82) is 0 Å². The van der Waals surface area contributed by atoms with Gasteiger partial charge < -0.3 is 15.2 Å². The Hall–Kier alpha value is -0.610. The zero-order chi connectivity index (χ0) is 9.35. The van der Waals surface area contributed by atoms with Gasteiger partial charge in [-0.1, -0.05) is 6.92 Å². The Bertz CT molecular complexity index is 191. The summed E-state index contributed by atoms with van der Waals surface area (Å²) in [5, 5.41) is 14.3. The van der Waals surface area contributed by atoms with E-state index in [9.17, 15) is 10.0 Å². The number of nitrogens with zero attached hydrogens (tertiary/aromatic N) is 1. The van der Waals surface area contributed by atoms with Crippen LogP contribution >= 0.6 is 0 Å². The van der Waals surface area contributed by atoms with E-state index in [2.05, 4.69) is 5.32 Å². The van der Waals surface area contributed by atoms with E-state index in [0.29, 0.717) is 13.1 Å². The van der Waals surface area contributed by atoms with Gasteiger partial charge in [-0.2, -0.15) is 0 Å². The van der Waals surface area contributed by atoms with Crippen molar-refractivity contribution in [2.24, 2.45) is 5.92 Å². The molecule has 12 heavy (non-hydrogen) atoms. The molecule has 0 spiro atoms. The molecule has 1 amide bonds. The molecule has 1 rings (SSSR count). The van der Waals surface area contributed by atoms with E-state index in [1.807, 2.05) is 6.92 Å². The van der Waals surface area contributed by atoms with Gasteiger partial charge in [-0.15, -0.1) is 0 Å². The maximum Gasteiger partial charge on any atom is 0.217 e. The first kappa shape index (κ1) is 9.48. The highest BCUT2D eigenvalue weighted by Crippen LogP contribution is 2.20. The largest absolute Gasteiger partial charge is 0.633 e. The van der Waals surface area contributed by atoms with Crippen LogP contribution in [0.3, 0.4) is 0 Å². The van der Waals surface area contributed by atoms with Crippen molar-refractivity contribution in [2.45, 2.75) is 19.9 Å². The summed E-state index contributed by atoms with van der Waals surface area (Å²) < 4.78 is -0.230. The summed E-state index contributed by atoms with van der Waals surface area (Å²) in [5.41, 5.74) is 0. The number of likely N-dealkylation sites (tertiary alicyclic amines) is 1. The molecule has 0 aromatic rings. The van der Waals surface area contributed by atoms with Gasteiger partial charge in [-0.05, 0) is 0 Å². The molecule has 70 valence electrons. The number of carbonyl (C=O) groups is 1. The highest BCUT2D eigenvalue weighted by molar-refractivity contribution is 5.73. The molecule has 0 aliphatic carbocycles. The normalized spacial score (nSPS) is 41.3. The van der Waals surface area contributed by atoms with Crippen molar-refractivity contribution in [3.05, 3.63) is 5.21 Å². The van der Waals surface area contributed by atoms with Crippen LogP contribution in [0.1, 0.15) is 13.8 Å². The van der Waals surface area contributed by atoms with E-state index < -0.39 is 0 Å². The predicted octanol–water partition coefficient (Wildman–Crippen LogP) is 0.0852. The first-order chi connectivity index (χ1) is 5.41. The maximum absolute atomic E-state index is 11.5. The highest BCUT2D eigenvalue weighted by atomic mass is 16.5. The SMILES string of the molecule is CC(=O)NC1C[N+](C)([O-])CC1C. The van der Waals surface area contributed by atoms with E-state index in [1.165, 1.54) is 6.92 Å². The van der Waals surface area contributed by atoms with Crippen LogP contribution in [0.4, 0.5) is 0 Å². The molecule has 0 aromatic heterocycles. The van der Waals surface area contributed by atoms with Crippen LogP contribution < -0.4 is 5.32 Å². The maximum atomic E-state index is 11.5. The van der Waals surface area contributed by atoms with E-state index in [1.54, 1.807) is 7.05 Å². The smallest absolute Gasteiger partial charge is 0.217 e. The highest BCUT2D eigenvalue weighted by Gasteiger charge is 2.35. The van der Waals surface area contributed by atoms with E-state index in [-0.39, 0.29) is 22.5 Å². The van der Waals surface area contributed by atoms with Crippen LogP contribution in [-0.4, -0.2) is 36.7 Å². The van der Waals surface area contributed by atoms with E-state index >= 15 is 0 Å². The minimum Gasteiger partial charge on any atom is -0.633 e. The van der Waals surface area contributed by atoms with Crippen molar-refractivity contribution in [2.75, 3.05) is 20.1 Å². The zero-order valence-electron chi connectivity index (χ0n) is 7.83. The number of hydroxylamine groups is 3. The van der Waals surface area contributed by atoms with Crippen LogP contribution in [0.25, 0.3) is 0 Å². The molecule has 1 N–H and O–H groups in total. The molecule has 1 aliphatic rings. The Morgan fingerprint density at radius 3 is 2.50 bits per heavy atom. The van der Waals surface area contributed by atoms with Crippen molar-refractivity contribution in [3.63, 3.8) is 0 Å². The summed E-state index contributed by atoms with van der Waals surface area (Å²) in [5.74, 6) is 0.241. The van der Waals surface area contributed by atoms with Crippen LogP contribution in [0, 0.1) is 11.1 Å². The number of likely N-dealkylation sites (N-methyl/N-ethyl adjacent to an activating group) is 1. The molecule has 1 fully saturated rings. The van der Waals surface area contributed by atoms with Gasteiger partial charge in [0.25, 0.3) is 0 Å². The molecular weight excluding hydrogens is 156 g/mol. The molecule has 1 heterocycles. The summed E-state index contributed by atoms with van der Waals surface area (Å²) in [4.78, 5) is 10.7. The molecule has 4 heteroatoms. The fraction of sp³-hybridized carbons (Fsp3) is 0.875. The molecule has 1 aliphatic heterocycles. The first-order valence-corrected chi connectivity index (χ1v) is 4.23. The Labute approximate surface area is 72.7 Å². The fourth-order valence-corrected chi connectivity index (χ4v) is 1.86. The molecule has 3 unspecified atom stereocenters. The van der Waals surface area contributed by atoms with Gasteiger partial charge >= 0.3 is 0 Å². The number of hydrogen-bond acceptors (Lipinski definition) is 2. The second-order valence-electron chi connectivity index (χ2n) is 3.95. The van der Waals surface area contributed by atoms with Crippen LogP contribution in [0.15, 0.2) is 0 Å². The average Bonchev–Trinajstić information content (AvgIpc) is 2.03. The van der Waals surface area contributed by atoms with Gasteiger partial charge in [0, 0.05) is 12.8 Å². The summed E-state index contributed by atoms with van der Waals surface area (Å²) in [7, 11) is 1.65. The van der Waals surface area contributed by atoms with Crippen molar-refractivity contribution in [3.8, 4) is 0 Å². The monoisotopic (exact) mass is 172 g/mol. The number of hydrogen-bond donors (Lipinski definition) is 1. The molecule has 0 aromatic carbocycles. The number of nitrogens with one attached hydrogen (secondary N) is 1. The average molecular weight is 172 g/mol. The third-order valence-corrected chi connectivity index (χ3v) is 2.33. The summed E-state index contributed by atoms with van der Waals surface area (Å²) in [6.45, 7) is 4.59. The zero-order valence-corrected chi connectivity index (χ0v) is 7.83. The second-order valence-corrected chi connectivity index (χ2v) is 3.95. The van der Waals surface area contributed by atoms with Gasteiger partial charge in [-0.3, -0.25) is 4.79 Å². The third kappa shape index (κ3) is 2.19.